The first-order chi connectivity index (χ1) is 16.0. The summed E-state index contributed by atoms with van der Waals surface area (Å²) in [6, 6.07) is 33.5. The van der Waals surface area contributed by atoms with Crippen molar-refractivity contribution < 1.29 is 8.42 Å². The Morgan fingerprint density at radius 3 is 1.79 bits per heavy atom. The van der Waals surface area contributed by atoms with Crippen LogP contribution in [0.4, 0.5) is 0 Å². The molecule has 0 aromatic heterocycles. The minimum Gasteiger partial charge on any atom is -0.249 e. The maximum Gasteiger partial charge on any atom is 0.128 e. The summed E-state index contributed by atoms with van der Waals surface area (Å²) in [6.45, 7) is 4.05. The molecular weight excluding hydrogens is 446 g/mol. The third-order valence-electron chi connectivity index (χ3n) is 5.99. The molecule has 166 valence electrons. The topological polar surface area (TPSA) is 37.1 Å². The minimum absolute atomic E-state index is 0.0375. The maximum atomic E-state index is 13.6. The van der Waals surface area contributed by atoms with Crippen LogP contribution in [0.3, 0.4) is 0 Å². The molecule has 3 nitrogen and oxygen atoms in total. The maximum absolute atomic E-state index is 13.6. The van der Waals surface area contributed by atoms with Crippen LogP contribution < -0.4 is 0 Å². The molecule has 4 aromatic rings. The lowest BCUT2D eigenvalue weighted by Crippen LogP contribution is -2.06. The summed E-state index contributed by atoms with van der Waals surface area (Å²) in [6.07, 6.45) is 0. The van der Waals surface area contributed by atoms with Crippen LogP contribution in [0.25, 0.3) is 0 Å². The fourth-order valence-corrected chi connectivity index (χ4v) is 6.84. The molecule has 1 heterocycles. The predicted molar refractivity (Wildman–Crippen MR) is 134 cm³/mol. The van der Waals surface area contributed by atoms with Gasteiger partial charge in [0.15, 0.2) is 0 Å². The van der Waals surface area contributed by atoms with Crippen molar-refractivity contribution in [2.45, 2.75) is 40.6 Å². The highest BCUT2D eigenvalue weighted by Crippen LogP contribution is 2.57. The van der Waals surface area contributed by atoms with Crippen LogP contribution in [-0.2, 0) is 21.8 Å². The van der Waals surface area contributed by atoms with Crippen LogP contribution in [0, 0.1) is 13.8 Å². The molecule has 5 heteroatoms. The van der Waals surface area contributed by atoms with E-state index in [1.165, 1.54) is 0 Å². The Morgan fingerprint density at radius 1 is 0.606 bits per heavy atom. The van der Waals surface area contributed by atoms with Gasteiger partial charge >= 0.3 is 0 Å². The van der Waals surface area contributed by atoms with Crippen LogP contribution in [0.1, 0.15) is 34.3 Å². The molecule has 3 unspecified atom stereocenters. The van der Waals surface area contributed by atoms with Gasteiger partial charge in [0.2, 0.25) is 0 Å². The molecule has 0 spiro atoms. The fraction of sp³-hybridized carbons (Fsp3) is 0.143. The van der Waals surface area contributed by atoms with Crippen LogP contribution in [0.15, 0.2) is 118 Å². The van der Waals surface area contributed by atoms with Crippen molar-refractivity contribution in [2.75, 3.05) is 0 Å². The molecule has 0 amide bonds. The predicted octanol–water partition coefficient (Wildman–Crippen LogP) is 6.29. The molecule has 33 heavy (non-hydrogen) atoms. The molecule has 0 radical (unpaired) electrons. The molecule has 0 bridgehead atoms. The van der Waals surface area contributed by atoms with Gasteiger partial charge in [0.1, 0.15) is 11.0 Å². The molecule has 0 N–H and O–H groups in total. The van der Waals surface area contributed by atoms with Crippen molar-refractivity contribution in [2.24, 2.45) is 0 Å². The molecular formula is C28H25NO2S2. The van der Waals surface area contributed by atoms with Crippen molar-refractivity contribution in [3.8, 4) is 0 Å². The zero-order valence-electron chi connectivity index (χ0n) is 18.5. The highest BCUT2D eigenvalue weighted by molar-refractivity contribution is 7.85. The van der Waals surface area contributed by atoms with Crippen LogP contribution in [0.2, 0.25) is 0 Å². The Labute approximate surface area is 200 Å². The van der Waals surface area contributed by atoms with E-state index in [1.807, 2.05) is 109 Å². The van der Waals surface area contributed by atoms with Crippen molar-refractivity contribution >= 4 is 21.8 Å². The van der Waals surface area contributed by atoms with E-state index in [1.54, 1.807) is 0 Å². The number of rotatable bonds is 6. The Morgan fingerprint density at radius 2 is 1.15 bits per heavy atom. The van der Waals surface area contributed by atoms with Gasteiger partial charge in [-0.2, -0.15) is 0 Å². The third kappa shape index (κ3) is 4.36. The van der Waals surface area contributed by atoms with E-state index in [0.29, 0.717) is 0 Å². The normalized spacial score (nSPS) is 21.3. The lowest BCUT2D eigenvalue weighted by atomic mass is 10.0. The van der Waals surface area contributed by atoms with Gasteiger partial charge in [-0.3, -0.25) is 0 Å². The second-order valence-electron chi connectivity index (χ2n) is 8.34. The first kappa shape index (κ1) is 22.0. The van der Waals surface area contributed by atoms with Crippen molar-refractivity contribution in [3.63, 3.8) is 0 Å². The Hall–Kier alpha value is -2.86. The zero-order valence-corrected chi connectivity index (χ0v) is 20.2. The number of nitrogens with zero attached hydrogens (tertiary/aromatic N) is 1. The molecule has 1 saturated heterocycles. The van der Waals surface area contributed by atoms with Crippen molar-refractivity contribution in [1.82, 2.24) is 4.31 Å². The summed E-state index contributed by atoms with van der Waals surface area (Å²) >= 11 is 0. The molecule has 0 aliphatic carbocycles. The lowest BCUT2D eigenvalue weighted by Gasteiger charge is -2.10. The number of hydrogen-bond donors (Lipinski definition) is 0. The highest BCUT2D eigenvalue weighted by Gasteiger charge is 2.54. The van der Waals surface area contributed by atoms with Crippen molar-refractivity contribution in [3.05, 3.63) is 125 Å². The first-order valence-electron chi connectivity index (χ1n) is 10.9. The van der Waals surface area contributed by atoms with E-state index in [-0.39, 0.29) is 12.1 Å². The van der Waals surface area contributed by atoms with Crippen LogP contribution in [0.5, 0.6) is 0 Å². The lowest BCUT2D eigenvalue weighted by molar-refractivity contribution is 0.637. The zero-order chi connectivity index (χ0) is 22.9. The standard InChI is InChI=1S/C28H25NO2S2/c1-20-12-16-23(17-13-20)32(30)26-11-7-6-10-25(26)28-27(22-8-4-3-5-9-22)29(28)33(31)24-18-14-21(2)15-19-24/h3-19,27-28H,1-2H3/t27-,28-,29?,32?,33?/m1/s1. The van der Waals surface area contributed by atoms with E-state index in [0.717, 1.165) is 36.9 Å². The van der Waals surface area contributed by atoms with E-state index in [4.69, 9.17) is 0 Å². The first-order valence-corrected chi connectivity index (χ1v) is 13.2. The van der Waals surface area contributed by atoms with E-state index < -0.39 is 21.8 Å². The van der Waals surface area contributed by atoms with Gasteiger partial charge < -0.3 is 0 Å². The summed E-state index contributed by atoms with van der Waals surface area (Å²) < 4.78 is 29.2. The van der Waals surface area contributed by atoms with Crippen molar-refractivity contribution in [1.29, 1.82) is 0 Å². The second-order valence-corrected chi connectivity index (χ2v) is 11.2. The monoisotopic (exact) mass is 471 g/mol. The molecule has 0 saturated carbocycles. The smallest absolute Gasteiger partial charge is 0.128 e. The van der Waals surface area contributed by atoms with Gasteiger partial charge in [-0.1, -0.05) is 83.9 Å². The summed E-state index contributed by atoms with van der Waals surface area (Å²) in [5.74, 6) is 0. The Bertz CT molecular complexity index is 1320. The molecule has 4 aromatic carbocycles. The summed E-state index contributed by atoms with van der Waals surface area (Å²) in [7, 11) is -2.65. The molecule has 1 aliphatic rings. The number of benzene rings is 4. The van der Waals surface area contributed by atoms with Gasteiger partial charge in [0.25, 0.3) is 0 Å². The largest absolute Gasteiger partial charge is 0.249 e. The van der Waals surface area contributed by atoms with Gasteiger partial charge in [0, 0.05) is 9.79 Å². The molecule has 5 rings (SSSR count). The van der Waals surface area contributed by atoms with E-state index in [9.17, 15) is 8.42 Å². The molecule has 5 atom stereocenters. The van der Waals surface area contributed by atoms with Gasteiger partial charge in [-0.15, -0.1) is 0 Å². The Kier molecular flexibility index (Phi) is 6.11. The van der Waals surface area contributed by atoms with Crippen LogP contribution >= 0.6 is 0 Å². The number of hydrogen-bond acceptors (Lipinski definition) is 2. The summed E-state index contributed by atoms with van der Waals surface area (Å²) in [4.78, 5) is 2.33. The highest BCUT2D eigenvalue weighted by atomic mass is 32.2. The van der Waals surface area contributed by atoms with Gasteiger partial charge in [0.05, 0.1) is 27.8 Å². The second kappa shape index (κ2) is 9.18. The van der Waals surface area contributed by atoms with Crippen LogP contribution in [-0.4, -0.2) is 12.7 Å². The summed E-state index contributed by atoms with van der Waals surface area (Å²) in [5, 5.41) is 0. The van der Waals surface area contributed by atoms with Gasteiger partial charge in [-0.05, 0) is 55.3 Å². The minimum atomic E-state index is -1.33. The average Bonchev–Trinajstić information content (AvgIpc) is 3.60. The average molecular weight is 472 g/mol. The van der Waals surface area contributed by atoms with E-state index >= 15 is 0 Å². The number of aryl methyl sites for hydroxylation is 2. The quantitative estimate of drug-likeness (QED) is 0.310. The third-order valence-corrected chi connectivity index (χ3v) is 8.97. The van der Waals surface area contributed by atoms with Gasteiger partial charge in [-0.25, -0.2) is 12.7 Å². The SMILES string of the molecule is Cc1ccc(S(=O)c2ccccc2[C@@H]2[C@@H](c3ccccc3)N2S(=O)c2ccc(C)cc2)cc1. The van der Waals surface area contributed by atoms with E-state index in [2.05, 4.69) is 12.1 Å². The Balaban J connectivity index is 1.55. The summed E-state index contributed by atoms with van der Waals surface area (Å²) in [5.41, 5.74) is 4.34. The fourth-order valence-electron chi connectivity index (χ4n) is 4.16. The molecule has 1 aliphatic heterocycles. The molecule has 1 fully saturated rings.